The van der Waals surface area contributed by atoms with Gasteiger partial charge >= 0.3 is 0 Å². The maximum atomic E-state index is 15.0. The Morgan fingerprint density at radius 1 is 0.778 bits per heavy atom. The number of methoxy groups -OCH3 is 1. The Balaban J connectivity index is 1.38. The molecule has 0 unspecified atom stereocenters. The molecule has 0 amide bonds. The van der Waals surface area contributed by atoms with Crippen molar-refractivity contribution in [3.05, 3.63) is 77.6 Å². The van der Waals surface area contributed by atoms with Gasteiger partial charge in [-0.1, -0.05) is 69.0 Å². The maximum absolute atomic E-state index is 15.0. The van der Waals surface area contributed by atoms with E-state index in [4.69, 9.17) is 14.2 Å². The molecule has 0 radical (unpaired) electrons. The Morgan fingerprint density at radius 3 is 2.11 bits per heavy atom. The van der Waals surface area contributed by atoms with Crippen molar-refractivity contribution in [3.63, 3.8) is 0 Å². The number of ether oxygens (including phenoxy) is 3. The molecule has 1 fully saturated rings. The topological polar surface area (TPSA) is 27.7 Å². The van der Waals surface area contributed by atoms with E-state index in [1.54, 1.807) is 30.3 Å². The zero-order valence-electron chi connectivity index (χ0n) is 20.9. The predicted octanol–water partition coefficient (Wildman–Crippen LogP) is 8.26. The summed E-state index contributed by atoms with van der Waals surface area (Å²) in [6, 6.07) is 14.9. The Morgan fingerprint density at radius 2 is 1.44 bits per heavy atom. The molecule has 0 bridgehead atoms. The molecule has 4 rings (SSSR count). The van der Waals surface area contributed by atoms with Crippen LogP contribution in [0.5, 0.6) is 5.75 Å². The molecule has 1 aliphatic heterocycles. The fraction of sp³-hybridized carbons (Fsp3) is 0.400. The van der Waals surface area contributed by atoms with Crippen LogP contribution in [0.4, 0.5) is 13.2 Å². The predicted molar refractivity (Wildman–Crippen MR) is 136 cm³/mol. The molecule has 3 aromatic rings. The Bertz CT molecular complexity index is 1140. The molecule has 1 heterocycles. The van der Waals surface area contributed by atoms with E-state index in [-0.39, 0.29) is 29.3 Å². The van der Waals surface area contributed by atoms with E-state index in [0.717, 1.165) is 18.4 Å². The van der Waals surface area contributed by atoms with Gasteiger partial charge in [0.15, 0.2) is 17.9 Å². The summed E-state index contributed by atoms with van der Waals surface area (Å²) in [5.41, 5.74) is 2.71. The highest BCUT2D eigenvalue weighted by molar-refractivity contribution is 5.71. The molecule has 0 saturated carbocycles. The van der Waals surface area contributed by atoms with Gasteiger partial charge in [-0.2, -0.15) is 4.39 Å². The summed E-state index contributed by atoms with van der Waals surface area (Å²) in [7, 11) is 1.29. The summed E-state index contributed by atoms with van der Waals surface area (Å²) < 4.78 is 60.1. The number of hydrogen-bond acceptors (Lipinski definition) is 3. The van der Waals surface area contributed by atoms with Gasteiger partial charge < -0.3 is 14.2 Å². The first-order valence-corrected chi connectivity index (χ1v) is 12.7. The van der Waals surface area contributed by atoms with Crippen molar-refractivity contribution in [1.29, 1.82) is 0 Å². The highest BCUT2D eigenvalue weighted by atomic mass is 19.2. The lowest BCUT2D eigenvalue weighted by Crippen LogP contribution is -2.31. The van der Waals surface area contributed by atoms with Crippen LogP contribution in [0.15, 0.2) is 54.6 Å². The van der Waals surface area contributed by atoms with Gasteiger partial charge in [-0.3, -0.25) is 0 Å². The normalized spacial score (nSPS) is 17.8. The van der Waals surface area contributed by atoms with E-state index in [9.17, 15) is 8.78 Å². The molecule has 1 aliphatic rings. The van der Waals surface area contributed by atoms with Crippen LogP contribution in [0, 0.1) is 17.5 Å². The first-order valence-electron chi connectivity index (χ1n) is 12.7. The number of hydrogen-bond donors (Lipinski definition) is 0. The lowest BCUT2D eigenvalue weighted by atomic mass is 9.95. The monoisotopic (exact) mass is 498 g/mol. The molecule has 192 valence electrons. The molecule has 3 nitrogen and oxygen atoms in total. The average molecular weight is 499 g/mol. The van der Waals surface area contributed by atoms with Gasteiger partial charge in [0.1, 0.15) is 5.82 Å². The van der Waals surface area contributed by atoms with Crippen molar-refractivity contribution >= 4 is 0 Å². The minimum absolute atomic E-state index is 0.137. The van der Waals surface area contributed by atoms with Crippen molar-refractivity contribution in [3.8, 4) is 28.0 Å². The minimum Gasteiger partial charge on any atom is -0.494 e. The van der Waals surface area contributed by atoms with Crippen LogP contribution >= 0.6 is 0 Å². The van der Waals surface area contributed by atoms with Crippen molar-refractivity contribution in [2.75, 3.05) is 20.3 Å². The number of unbranched alkanes of at least 4 members (excludes halogenated alkanes) is 4. The van der Waals surface area contributed by atoms with Crippen molar-refractivity contribution in [2.24, 2.45) is 0 Å². The molecule has 3 aromatic carbocycles. The minimum atomic E-state index is -1.02. The molecule has 0 spiro atoms. The molecule has 0 aromatic heterocycles. The van der Waals surface area contributed by atoms with E-state index < -0.39 is 11.6 Å². The number of rotatable bonds is 10. The van der Waals surface area contributed by atoms with E-state index in [1.807, 2.05) is 6.07 Å². The summed E-state index contributed by atoms with van der Waals surface area (Å²) in [6.45, 7) is 3.08. The van der Waals surface area contributed by atoms with Crippen molar-refractivity contribution < 1.29 is 27.4 Å². The Labute approximate surface area is 211 Å². The second-order valence-corrected chi connectivity index (χ2v) is 9.25. The summed E-state index contributed by atoms with van der Waals surface area (Å²) in [4.78, 5) is 0. The standard InChI is InChI=1S/C30H33F3O3/c1-3-4-5-6-7-8-28-35-18-23(19-36-28)24-14-13-22(17-26(24)31)20-9-11-21(12-10-20)25-15-16-27(34-2)30(33)29(25)32/h9-17,23,28H,3-8,18-19H2,1-2H3. The molecule has 0 atom stereocenters. The molecule has 0 aliphatic carbocycles. The fourth-order valence-corrected chi connectivity index (χ4v) is 4.60. The smallest absolute Gasteiger partial charge is 0.201 e. The molecule has 1 saturated heterocycles. The second kappa shape index (κ2) is 12.4. The van der Waals surface area contributed by atoms with Crippen LogP contribution in [0.1, 0.15) is 56.9 Å². The first-order chi connectivity index (χ1) is 17.5. The van der Waals surface area contributed by atoms with Crippen molar-refractivity contribution in [1.82, 2.24) is 0 Å². The van der Waals surface area contributed by atoms with Crippen LogP contribution in [0.2, 0.25) is 0 Å². The quantitative estimate of drug-likeness (QED) is 0.263. The second-order valence-electron chi connectivity index (χ2n) is 9.25. The maximum Gasteiger partial charge on any atom is 0.201 e. The van der Waals surface area contributed by atoms with E-state index in [0.29, 0.717) is 29.9 Å². The van der Waals surface area contributed by atoms with Gasteiger partial charge in [0.05, 0.1) is 20.3 Å². The van der Waals surface area contributed by atoms with Gasteiger partial charge in [0, 0.05) is 11.5 Å². The third kappa shape index (κ3) is 6.11. The van der Waals surface area contributed by atoms with E-state index in [1.165, 1.54) is 51.0 Å². The van der Waals surface area contributed by atoms with Crippen LogP contribution in [0.25, 0.3) is 22.3 Å². The van der Waals surface area contributed by atoms with Gasteiger partial charge in [-0.25, -0.2) is 8.78 Å². The Kier molecular flexibility index (Phi) is 9.05. The van der Waals surface area contributed by atoms with E-state index in [2.05, 4.69) is 6.92 Å². The highest BCUT2D eigenvalue weighted by Gasteiger charge is 2.25. The van der Waals surface area contributed by atoms with Gasteiger partial charge in [0.25, 0.3) is 0 Å². The highest BCUT2D eigenvalue weighted by Crippen LogP contribution is 2.33. The van der Waals surface area contributed by atoms with Crippen LogP contribution in [-0.4, -0.2) is 26.6 Å². The molecule has 36 heavy (non-hydrogen) atoms. The molecule has 0 N–H and O–H groups in total. The number of halogens is 3. The van der Waals surface area contributed by atoms with Crippen LogP contribution in [0.3, 0.4) is 0 Å². The molecular weight excluding hydrogens is 465 g/mol. The Hall–Kier alpha value is -2.83. The summed E-state index contributed by atoms with van der Waals surface area (Å²) >= 11 is 0. The van der Waals surface area contributed by atoms with Gasteiger partial charge in [-0.05, 0) is 53.3 Å². The number of benzene rings is 3. The molecule has 6 heteroatoms. The van der Waals surface area contributed by atoms with Crippen LogP contribution < -0.4 is 4.74 Å². The largest absolute Gasteiger partial charge is 0.494 e. The lowest BCUT2D eigenvalue weighted by Gasteiger charge is -2.30. The SMILES string of the molecule is CCCCCCCC1OCC(c2ccc(-c3ccc(-c4ccc(OC)c(F)c4F)cc3)cc2F)CO1. The van der Waals surface area contributed by atoms with Crippen molar-refractivity contribution in [2.45, 2.75) is 57.7 Å². The fourth-order valence-electron chi connectivity index (χ4n) is 4.60. The zero-order chi connectivity index (χ0) is 25.5. The summed E-state index contributed by atoms with van der Waals surface area (Å²) in [5, 5.41) is 0. The van der Waals surface area contributed by atoms with Gasteiger partial charge in [0.2, 0.25) is 5.82 Å². The van der Waals surface area contributed by atoms with Gasteiger partial charge in [-0.15, -0.1) is 0 Å². The van der Waals surface area contributed by atoms with E-state index >= 15 is 4.39 Å². The molecular formula is C30H33F3O3. The lowest BCUT2D eigenvalue weighted by molar-refractivity contribution is -0.190. The zero-order valence-corrected chi connectivity index (χ0v) is 20.9. The third-order valence-electron chi connectivity index (χ3n) is 6.75. The first kappa shape index (κ1) is 26.2. The summed E-state index contributed by atoms with van der Waals surface area (Å²) in [6.07, 6.45) is 6.66. The third-order valence-corrected chi connectivity index (χ3v) is 6.75. The average Bonchev–Trinajstić information content (AvgIpc) is 2.91. The summed E-state index contributed by atoms with van der Waals surface area (Å²) in [5.74, 6) is -2.59. The van der Waals surface area contributed by atoms with Crippen LogP contribution in [-0.2, 0) is 9.47 Å².